The number of hydrogen-bond acceptors (Lipinski definition) is 4. The molecule has 0 unspecified atom stereocenters. The van der Waals surface area contributed by atoms with Gasteiger partial charge in [0.15, 0.2) is 6.61 Å². The number of carbonyl (C=O) groups excluding carboxylic acids is 1. The van der Waals surface area contributed by atoms with E-state index in [0.29, 0.717) is 32.1 Å². The van der Waals surface area contributed by atoms with Gasteiger partial charge >= 0.3 is 0 Å². The van der Waals surface area contributed by atoms with Crippen LogP contribution in [0.25, 0.3) is 22.2 Å². The van der Waals surface area contributed by atoms with Gasteiger partial charge in [-0.2, -0.15) is 0 Å². The second-order valence-electron chi connectivity index (χ2n) is 6.17. The average molecular weight is 348 g/mol. The molecule has 0 bridgehead atoms. The lowest BCUT2D eigenvalue weighted by Gasteiger charge is -2.26. The summed E-state index contributed by atoms with van der Waals surface area (Å²) < 4.78 is 11.2. The number of rotatable bonds is 4. The van der Waals surface area contributed by atoms with Gasteiger partial charge in [-0.05, 0) is 12.1 Å². The number of hydrogen-bond donors (Lipinski definition) is 0. The Morgan fingerprint density at radius 1 is 1.04 bits per heavy atom. The van der Waals surface area contributed by atoms with E-state index in [2.05, 4.69) is 0 Å². The summed E-state index contributed by atoms with van der Waals surface area (Å²) in [4.78, 5) is 18.9. The molecule has 5 nitrogen and oxygen atoms in total. The Hall–Kier alpha value is -2.92. The molecule has 0 spiro atoms. The molecule has 1 aromatic heterocycles. The first-order valence-electron chi connectivity index (χ1n) is 8.75. The van der Waals surface area contributed by atoms with Crippen LogP contribution < -0.4 is 4.74 Å². The molecule has 2 heterocycles. The molecule has 1 aliphatic rings. The van der Waals surface area contributed by atoms with Crippen LogP contribution in [0.4, 0.5) is 0 Å². The molecule has 1 aliphatic heterocycles. The molecule has 3 aromatic rings. The molecule has 0 N–H and O–H groups in total. The van der Waals surface area contributed by atoms with Crippen LogP contribution in [-0.2, 0) is 9.53 Å². The van der Waals surface area contributed by atoms with Gasteiger partial charge in [0.05, 0.1) is 24.4 Å². The van der Waals surface area contributed by atoms with Crippen molar-refractivity contribution in [1.82, 2.24) is 9.88 Å². The van der Waals surface area contributed by atoms with E-state index in [1.165, 1.54) is 0 Å². The number of amides is 1. The minimum Gasteiger partial charge on any atom is -0.483 e. The van der Waals surface area contributed by atoms with Crippen molar-refractivity contribution in [2.45, 2.75) is 0 Å². The number of morpholine rings is 1. The van der Waals surface area contributed by atoms with E-state index >= 15 is 0 Å². The molecule has 0 radical (unpaired) electrons. The van der Waals surface area contributed by atoms with Crippen LogP contribution in [0.15, 0.2) is 60.7 Å². The van der Waals surface area contributed by atoms with Gasteiger partial charge in [-0.25, -0.2) is 4.98 Å². The van der Waals surface area contributed by atoms with E-state index in [9.17, 15) is 4.79 Å². The smallest absolute Gasteiger partial charge is 0.260 e. The van der Waals surface area contributed by atoms with Crippen molar-refractivity contribution in [3.8, 4) is 17.0 Å². The van der Waals surface area contributed by atoms with Crippen LogP contribution in [0.3, 0.4) is 0 Å². The zero-order chi connectivity index (χ0) is 17.8. The van der Waals surface area contributed by atoms with Crippen molar-refractivity contribution in [2.24, 2.45) is 0 Å². The highest BCUT2D eigenvalue weighted by Crippen LogP contribution is 2.30. The second-order valence-corrected chi connectivity index (χ2v) is 6.17. The van der Waals surface area contributed by atoms with E-state index in [0.717, 1.165) is 22.2 Å². The van der Waals surface area contributed by atoms with Crippen LogP contribution in [0.2, 0.25) is 0 Å². The first-order valence-corrected chi connectivity index (χ1v) is 8.75. The predicted octanol–water partition coefficient (Wildman–Crippen LogP) is 3.14. The summed E-state index contributed by atoms with van der Waals surface area (Å²) in [6, 6.07) is 19.7. The van der Waals surface area contributed by atoms with Crippen molar-refractivity contribution in [3.63, 3.8) is 0 Å². The minimum atomic E-state index is -0.0181. The molecule has 0 saturated carbocycles. The number of nitrogens with zero attached hydrogens (tertiary/aromatic N) is 2. The molecule has 4 rings (SSSR count). The second kappa shape index (κ2) is 7.54. The normalized spacial score (nSPS) is 14.4. The highest BCUT2D eigenvalue weighted by molar-refractivity contribution is 5.88. The summed E-state index contributed by atoms with van der Waals surface area (Å²) in [6.07, 6.45) is 0. The van der Waals surface area contributed by atoms with E-state index < -0.39 is 0 Å². The maximum absolute atomic E-state index is 12.4. The van der Waals surface area contributed by atoms with Gasteiger partial charge in [-0.15, -0.1) is 0 Å². The Morgan fingerprint density at radius 2 is 1.77 bits per heavy atom. The largest absolute Gasteiger partial charge is 0.483 e. The molecule has 1 amide bonds. The maximum atomic E-state index is 12.4. The number of benzene rings is 2. The molecule has 5 heteroatoms. The molecule has 2 aromatic carbocycles. The molecular formula is C21H20N2O3. The molecule has 132 valence electrons. The van der Waals surface area contributed by atoms with Gasteiger partial charge in [-0.3, -0.25) is 4.79 Å². The van der Waals surface area contributed by atoms with Crippen LogP contribution in [0, 0.1) is 0 Å². The Kier molecular flexibility index (Phi) is 4.80. The predicted molar refractivity (Wildman–Crippen MR) is 100 cm³/mol. The Bertz CT molecular complexity index is 906. The van der Waals surface area contributed by atoms with Gasteiger partial charge in [-0.1, -0.05) is 42.5 Å². The van der Waals surface area contributed by atoms with Gasteiger partial charge in [0, 0.05) is 30.1 Å². The van der Waals surface area contributed by atoms with Gasteiger partial charge in [0.1, 0.15) is 5.75 Å². The number of aromatic nitrogens is 1. The Morgan fingerprint density at radius 3 is 2.58 bits per heavy atom. The lowest BCUT2D eigenvalue weighted by atomic mass is 10.1. The van der Waals surface area contributed by atoms with Crippen molar-refractivity contribution in [3.05, 3.63) is 60.7 Å². The average Bonchev–Trinajstić information content (AvgIpc) is 2.73. The standard InChI is InChI=1S/C21H20N2O3/c24-21(23-10-12-25-13-11-23)15-26-20-14-19(16-6-2-1-3-7-16)22-18-9-5-4-8-17(18)20/h1-9,14H,10-13,15H2. The van der Waals surface area contributed by atoms with Gasteiger partial charge in [0.2, 0.25) is 0 Å². The first kappa shape index (κ1) is 16.5. The summed E-state index contributed by atoms with van der Waals surface area (Å²) in [5.74, 6) is 0.659. The first-order chi connectivity index (χ1) is 12.8. The SMILES string of the molecule is O=C(COc1cc(-c2ccccc2)nc2ccccc12)N1CCOCC1. The van der Waals surface area contributed by atoms with E-state index in [4.69, 9.17) is 14.5 Å². The molecular weight excluding hydrogens is 328 g/mol. The maximum Gasteiger partial charge on any atom is 0.260 e. The van der Waals surface area contributed by atoms with Crippen LogP contribution in [0.5, 0.6) is 5.75 Å². The summed E-state index contributed by atoms with van der Waals surface area (Å²) >= 11 is 0. The van der Waals surface area contributed by atoms with E-state index in [-0.39, 0.29) is 12.5 Å². The topological polar surface area (TPSA) is 51.7 Å². The van der Waals surface area contributed by atoms with E-state index in [1.54, 1.807) is 4.90 Å². The highest BCUT2D eigenvalue weighted by atomic mass is 16.5. The summed E-state index contributed by atoms with van der Waals surface area (Å²) in [6.45, 7) is 2.43. The molecule has 26 heavy (non-hydrogen) atoms. The number of fused-ring (bicyclic) bond motifs is 1. The number of carbonyl (C=O) groups is 1. The summed E-state index contributed by atoms with van der Waals surface area (Å²) in [7, 11) is 0. The zero-order valence-corrected chi connectivity index (χ0v) is 14.4. The highest BCUT2D eigenvalue weighted by Gasteiger charge is 2.18. The van der Waals surface area contributed by atoms with Crippen LogP contribution in [-0.4, -0.2) is 48.7 Å². The zero-order valence-electron chi connectivity index (χ0n) is 14.4. The minimum absolute atomic E-state index is 0.0161. The van der Waals surface area contributed by atoms with Gasteiger partial charge < -0.3 is 14.4 Å². The fourth-order valence-corrected chi connectivity index (χ4v) is 3.06. The van der Waals surface area contributed by atoms with Crippen LogP contribution >= 0.6 is 0 Å². The lowest BCUT2D eigenvalue weighted by molar-refractivity contribution is -0.137. The lowest BCUT2D eigenvalue weighted by Crippen LogP contribution is -2.43. The van der Waals surface area contributed by atoms with Crippen molar-refractivity contribution < 1.29 is 14.3 Å². The third-order valence-electron chi connectivity index (χ3n) is 4.46. The summed E-state index contributed by atoms with van der Waals surface area (Å²) in [5.41, 5.74) is 2.70. The van der Waals surface area contributed by atoms with Crippen molar-refractivity contribution >= 4 is 16.8 Å². The third kappa shape index (κ3) is 3.53. The Labute approximate surface area is 152 Å². The molecule has 0 aliphatic carbocycles. The molecule has 1 fully saturated rings. The summed E-state index contributed by atoms with van der Waals surface area (Å²) in [5, 5.41) is 0.905. The van der Waals surface area contributed by atoms with Gasteiger partial charge in [0.25, 0.3) is 5.91 Å². The Balaban J connectivity index is 1.61. The van der Waals surface area contributed by atoms with E-state index in [1.807, 2.05) is 60.7 Å². The van der Waals surface area contributed by atoms with Crippen molar-refractivity contribution in [1.29, 1.82) is 0 Å². The number of pyridine rings is 1. The number of ether oxygens (including phenoxy) is 2. The molecule has 1 saturated heterocycles. The fourth-order valence-electron chi connectivity index (χ4n) is 3.06. The monoisotopic (exact) mass is 348 g/mol. The molecule has 0 atom stereocenters. The fraction of sp³-hybridized carbons (Fsp3) is 0.238. The van der Waals surface area contributed by atoms with Crippen molar-refractivity contribution in [2.75, 3.05) is 32.9 Å². The third-order valence-corrected chi connectivity index (χ3v) is 4.46. The quantitative estimate of drug-likeness (QED) is 0.727. The number of para-hydroxylation sites is 1. The van der Waals surface area contributed by atoms with Crippen LogP contribution in [0.1, 0.15) is 0 Å².